The average molecular weight is 289 g/mol. The number of hydrogen-bond acceptors (Lipinski definition) is 3. The molecule has 1 heterocycles. The van der Waals surface area contributed by atoms with E-state index in [2.05, 4.69) is 25.7 Å². The molecule has 0 aromatic rings. The van der Waals surface area contributed by atoms with E-state index in [-0.39, 0.29) is 5.54 Å². The number of unbranched alkanes of at least 4 members (excludes halogenated alkanes) is 3. The van der Waals surface area contributed by atoms with Gasteiger partial charge >= 0.3 is 0 Å². The van der Waals surface area contributed by atoms with Gasteiger partial charge in [-0.2, -0.15) is 0 Å². The van der Waals surface area contributed by atoms with Gasteiger partial charge in [-0.25, -0.2) is 4.21 Å². The minimum atomic E-state index is -2.26. The molecule has 3 nitrogen and oxygen atoms in total. The molecule has 0 radical (unpaired) electrons. The zero-order valence-corrected chi connectivity index (χ0v) is 13.9. The Morgan fingerprint density at radius 3 is 2.21 bits per heavy atom. The van der Waals surface area contributed by atoms with Crippen molar-refractivity contribution in [2.45, 2.75) is 71.3 Å². The van der Waals surface area contributed by atoms with Gasteiger partial charge in [0.05, 0.1) is 0 Å². The summed E-state index contributed by atoms with van der Waals surface area (Å²) in [5.41, 5.74) is 0.262. The lowest BCUT2D eigenvalue weighted by Crippen LogP contribution is -2.52. The van der Waals surface area contributed by atoms with E-state index < -0.39 is 9.73 Å². The van der Waals surface area contributed by atoms with Gasteiger partial charge in [0.15, 0.2) is 0 Å². The average Bonchev–Trinajstić information content (AvgIpc) is 2.35. The molecule has 1 aliphatic rings. The van der Waals surface area contributed by atoms with Gasteiger partial charge in [-0.3, -0.25) is 9.68 Å². The lowest BCUT2D eigenvalue weighted by Gasteiger charge is -2.44. The summed E-state index contributed by atoms with van der Waals surface area (Å²) in [5.74, 6) is 1.14. The monoisotopic (exact) mass is 288 g/mol. The molecule has 1 rings (SSSR count). The van der Waals surface area contributed by atoms with Crippen LogP contribution < -0.4 is 0 Å². The quantitative estimate of drug-likeness (QED) is 0.689. The van der Waals surface area contributed by atoms with Crippen molar-refractivity contribution in [2.24, 2.45) is 0 Å². The normalized spacial score (nSPS) is 23.1. The summed E-state index contributed by atoms with van der Waals surface area (Å²) >= 11 is 0. The van der Waals surface area contributed by atoms with Crippen molar-refractivity contribution in [3.05, 3.63) is 0 Å². The first kappa shape index (κ1) is 17.0. The third kappa shape index (κ3) is 5.42. The first-order valence-corrected chi connectivity index (χ1v) is 9.82. The van der Waals surface area contributed by atoms with Crippen molar-refractivity contribution in [3.8, 4) is 0 Å². The van der Waals surface area contributed by atoms with Crippen LogP contribution in [0, 0.1) is 4.78 Å². The second-order valence-corrected chi connectivity index (χ2v) is 8.70. The lowest BCUT2D eigenvalue weighted by molar-refractivity contribution is 0.0920. The van der Waals surface area contributed by atoms with E-state index in [9.17, 15) is 4.21 Å². The number of nitrogens with zero attached hydrogens (tertiary/aromatic N) is 1. The van der Waals surface area contributed by atoms with Crippen LogP contribution in [0.25, 0.3) is 0 Å². The molecule has 0 spiro atoms. The Kier molecular flexibility index (Phi) is 6.81. The molecule has 0 aromatic heterocycles. The van der Waals surface area contributed by atoms with E-state index in [1.54, 1.807) is 0 Å². The first-order valence-electron chi connectivity index (χ1n) is 7.93. The molecule has 0 bridgehead atoms. The standard InChI is InChI=1S/C15H32N2OS/c1-4-6-7-8-10-15(3,9-5-2)17-11-13-19(16,18)14-12-17/h16H,4-14H2,1-3H3. The van der Waals surface area contributed by atoms with Gasteiger partial charge in [-0.05, 0) is 19.8 Å². The van der Waals surface area contributed by atoms with Crippen LogP contribution in [0.4, 0.5) is 0 Å². The van der Waals surface area contributed by atoms with Gasteiger partial charge in [0.1, 0.15) is 0 Å². The summed E-state index contributed by atoms with van der Waals surface area (Å²) in [6.45, 7) is 8.58. The largest absolute Gasteiger partial charge is 0.296 e. The maximum Gasteiger partial charge on any atom is 0.0466 e. The Bertz CT molecular complexity index is 339. The lowest BCUT2D eigenvalue weighted by atomic mass is 9.87. The van der Waals surface area contributed by atoms with Crippen molar-refractivity contribution in [1.29, 1.82) is 4.78 Å². The number of hydrogen-bond donors (Lipinski definition) is 1. The Morgan fingerprint density at radius 1 is 1.05 bits per heavy atom. The predicted molar refractivity (Wildman–Crippen MR) is 84.2 cm³/mol. The summed E-state index contributed by atoms with van der Waals surface area (Å²) < 4.78 is 19.5. The van der Waals surface area contributed by atoms with Crippen molar-refractivity contribution in [1.82, 2.24) is 4.90 Å². The maximum atomic E-state index is 11.8. The molecular weight excluding hydrogens is 256 g/mol. The predicted octanol–water partition coefficient (Wildman–Crippen LogP) is 3.88. The zero-order chi connectivity index (χ0) is 14.4. The molecule has 1 atom stereocenters. The molecular formula is C15H32N2OS. The Morgan fingerprint density at radius 2 is 1.68 bits per heavy atom. The minimum absolute atomic E-state index is 0.262. The fourth-order valence-corrected chi connectivity index (χ4v) is 4.42. The van der Waals surface area contributed by atoms with Crippen LogP contribution in [0.3, 0.4) is 0 Å². The first-order chi connectivity index (χ1) is 8.93. The molecule has 1 saturated heterocycles. The van der Waals surface area contributed by atoms with E-state index in [4.69, 9.17) is 4.78 Å². The van der Waals surface area contributed by atoms with Gasteiger partial charge in [-0.15, -0.1) is 0 Å². The fourth-order valence-electron chi connectivity index (χ4n) is 3.18. The SMILES string of the molecule is CCCCCCC(C)(CCC)N1CCS(=N)(=O)CC1. The Hall–Kier alpha value is -0.0900. The molecule has 19 heavy (non-hydrogen) atoms. The van der Waals surface area contributed by atoms with Crippen molar-refractivity contribution in [2.75, 3.05) is 24.6 Å². The van der Waals surface area contributed by atoms with Gasteiger partial charge in [0, 0.05) is 39.9 Å². The molecule has 1 aliphatic heterocycles. The summed E-state index contributed by atoms with van der Waals surface area (Å²) in [5, 5.41) is 0. The number of rotatable bonds is 8. The van der Waals surface area contributed by atoms with Crippen LogP contribution in [0.15, 0.2) is 0 Å². The smallest absolute Gasteiger partial charge is 0.0466 e. The van der Waals surface area contributed by atoms with Crippen LogP contribution in [0.2, 0.25) is 0 Å². The van der Waals surface area contributed by atoms with Gasteiger partial charge in [0.2, 0.25) is 0 Å². The van der Waals surface area contributed by atoms with Crippen LogP contribution >= 0.6 is 0 Å². The molecule has 0 amide bonds. The van der Waals surface area contributed by atoms with Crippen LogP contribution in [0.5, 0.6) is 0 Å². The molecule has 1 unspecified atom stereocenters. The zero-order valence-electron chi connectivity index (χ0n) is 13.0. The summed E-state index contributed by atoms with van der Waals surface area (Å²) in [6, 6.07) is 0. The number of nitrogens with one attached hydrogen (secondary N) is 1. The molecule has 0 aliphatic carbocycles. The molecule has 114 valence electrons. The highest BCUT2D eigenvalue weighted by atomic mass is 32.2. The fraction of sp³-hybridized carbons (Fsp3) is 1.00. The molecule has 0 saturated carbocycles. The summed E-state index contributed by atoms with van der Waals surface area (Å²) in [4.78, 5) is 2.51. The van der Waals surface area contributed by atoms with E-state index in [1.165, 1.54) is 44.9 Å². The van der Waals surface area contributed by atoms with E-state index in [0.717, 1.165) is 13.1 Å². The Labute approximate surface area is 120 Å². The van der Waals surface area contributed by atoms with E-state index in [1.807, 2.05) is 0 Å². The molecule has 1 fully saturated rings. The van der Waals surface area contributed by atoms with Gasteiger partial charge < -0.3 is 0 Å². The highest BCUT2D eigenvalue weighted by Crippen LogP contribution is 2.29. The second kappa shape index (κ2) is 7.63. The van der Waals surface area contributed by atoms with Crippen molar-refractivity contribution >= 4 is 9.73 Å². The molecule has 1 N–H and O–H groups in total. The van der Waals surface area contributed by atoms with E-state index in [0.29, 0.717) is 11.5 Å². The third-order valence-electron chi connectivity index (χ3n) is 4.50. The van der Waals surface area contributed by atoms with Gasteiger partial charge in [-0.1, -0.05) is 46.0 Å². The van der Waals surface area contributed by atoms with E-state index >= 15 is 0 Å². The van der Waals surface area contributed by atoms with Crippen LogP contribution in [-0.4, -0.2) is 39.2 Å². The Balaban J connectivity index is 2.54. The second-order valence-electron chi connectivity index (χ2n) is 6.26. The summed E-state index contributed by atoms with van der Waals surface area (Å²) in [6.07, 6.45) is 8.93. The summed E-state index contributed by atoms with van der Waals surface area (Å²) in [7, 11) is -2.26. The van der Waals surface area contributed by atoms with Crippen LogP contribution in [0.1, 0.15) is 65.7 Å². The van der Waals surface area contributed by atoms with Crippen molar-refractivity contribution < 1.29 is 4.21 Å². The topological polar surface area (TPSA) is 44.2 Å². The molecule has 4 heteroatoms. The van der Waals surface area contributed by atoms with Crippen LogP contribution in [-0.2, 0) is 9.73 Å². The van der Waals surface area contributed by atoms with Crippen molar-refractivity contribution in [3.63, 3.8) is 0 Å². The molecule has 0 aromatic carbocycles. The third-order valence-corrected chi connectivity index (χ3v) is 6.19. The minimum Gasteiger partial charge on any atom is -0.296 e. The van der Waals surface area contributed by atoms with Gasteiger partial charge in [0.25, 0.3) is 0 Å². The highest BCUT2D eigenvalue weighted by molar-refractivity contribution is 7.92. The maximum absolute atomic E-state index is 11.8. The highest BCUT2D eigenvalue weighted by Gasteiger charge is 2.33.